The molecule has 0 fully saturated rings. The van der Waals surface area contributed by atoms with Crippen LogP contribution in [0.2, 0.25) is 0 Å². The van der Waals surface area contributed by atoms with E-state index >= 15 is 0 Å². The summed E-state index contributed by atoms with van der Waals surface area (Å²) < 4.78 is 9.70. The molecule has 28 heavy (non-hydrogen) atoms. The second-order valence-corrected chi connectivity index (χ2v) is 3.70. The Morgan fingerprint density at radius 2 is 1.00 bits per heavy atom. The molecule has 0 unspecified atom stereocenters. The zero-order valence-corrected chi connectivity index (χ0v) is 14.5. The van der Waals surface area contributed by atoms with Crippen LogP contribution in [0.5, 0.6) is 0 Å². The van der Waals surface area contributed by atoms with Crippen LogP contribution >= 0.6 is 0 Å². The Bertz CT molecular complexity index is 572. The quantitative estimate of drug-likeness (QED) is 0.356. The van der Waals surface area contributed by atoms with Gasteiger partial charge in [0.2, 0.25) is 0 Å². The van der Waals surface area contributed by atoms with Crippen LogP contribution in [0.1, 0.15) is 34.6 Å². The molecule has 0 aliphatic heterocycles. The Morgan fingerprint density at radius 3 is 1.18 bits per heavy atom. The van der Waals surface area contributed by atoms with Crippen LogP contribution in [0.15, 0.2) is 24.3 Å². The molecule has 0 radical (unpaired) electrons. The van der Waals surface area contributed by atoms with Crippen molar-refractivity contribution in [3.63, 3.8) is 0 Å². The molecule has 1 aromatic rings. The normalized spacial score (nSPS) is 8.07. The molecule has 0 amide bonds. The van der Waals surface area contributed by atoms with E-state index in [9.17, 15) is 9.59 Å². The van der Waals surface area contributed by atoms with Crippen molar-refractivity contribution in [1.29, 1.82) is 0 Å². The molecule has 16 nitrogen and oxygen atoms in total. The van der Waals surface area contributed by atoms with E-state index in [4.69, 9.17) is 55.4 Å². The lowest BCUT2D eigenvalue weighted by Crippen LogP contribution is -2.13. The first kappa shape index (κ1) is 28.6. The lowest BCUT2D eigenvalue weighted by molar-refractivity contribution is -0.742. The summed E-state index contributed by atoms with van der Waals surface area (Å²) in [5.41, 5.74) is 0.477. The van der Waals surface area contributed by atoms with Crippen LogP contribution in [-0.4, -0.2) is 56.0 Å². The van der Waals surface area contributed by atoms with Crippen LogP contribution < -0.4 is 0 Å². The molecule has 0 aliphatic carbocycles. The summed E-state index contributed by atoms with van der Waals surface area (Å²) in [6, 6.07) is 6.44. The van der Waals surface area contributed by atoms with Crippen LogP contribution in [0.25, 0.3) is 0 Å². The van der Waals surface area contributed by atoms with Gasteiger partial charge in [0.15, 0.2) is 0 Å². The summed E-state index contributed by atoms with van der Waals surface area (Å²) in [7, 11) is 0. The molecular formula is C12H17N3O13. The molecule has 3 N–H and O–H groups in total. The van der Waals surface area contributed by atoms with E-state index in [0.29, 0.717) is 0 Å². The molecule has 158 valence electrons. The number of esters is 2. The highest BCUT2D eigenvalue weighted by Crippen LogP contribution is 2.11. The first-order chi connectivity index (χ1) is 12.9. The van der Waals surface area contributed by atoms with E-state index in [1.54, 1.807) is 38.1 Å². The predicted octanol–water partition coefficient (Wildman–Crippen LogP) is 0.997. The molecule has 1 rings (SSSR count). The van der Waals surface area contributed by atoms with E-state index in [2.05, 4.69) is 0 Å². The van der Waals surface area contributed by atoms with E-state index in [1.165, 1.54) is 0 Å². The van der Waals surface area contributed by atoms with Crippen molar-refractivity contribution in [1.82, 2.24) is 0 Å². The van der Waals surface area contributed by atoms with Gasteiger partial charge in [0.1, 0.15) is 0 Å². The molecular weight excluding hydrogens is 394 g/mol. The minimum Gasteiger partial charge on any atom is -0.462 e. The summed E-state index contributed by atoms with van der Waals surface area (Å²) in [5, 5.41) is 40.9. The number of carbonyl (C=O) groups excluding carboxylic acids is 2. The topological polar surface area (TPSA) is 243 Å². The summed E-state index contributed by atoms with van der Waals surface area (Å²) in [6.45, 7) is 3.97. The number of benzene rings is 1. The Labute approximate surface area is 155 Å². The van der Waals surface area contributed by atoms with Crippen molar-refractivity contribution in [2.75, 3.05) is 13.2 Å². The van der Waals surface area contributed by atoms with Gasteiger partial charge in [0.25, 0.3) is 15.3 Å². The van der Waals surface area contributed by atoms with Crippen LogP contribution in [0, 0.1) is 30.3 Å². The SMILES string of the molecule is CCOC(=O)c1ccccc1C(=O)OCC.O=[N+]([O-])O.O=[N+]([O-])O.O=[N+]([O-])O. The molecule has 0 saturated heterocycles. The van der Waals surface area contributed by atoms with Crippen molar-refractivity contribution in [3.05, 3.63) is 65.7 Å². The zero-order chi connectivity index (χ0) is 22.7. The molecule has 0 aliphatic rings. The van der Waals surface area contributed by atoms with Gasteiger partial charge in [-0.1, -0.05) is 12.1 Å². The van der Waals surface area contributed by atoms with Crippen LogP contribution in [0.4, 0.5) is 0 Å². The molecule has 0 atom stereocenters. The molecule has 1 aromatic carbocycles. The van der Waals surface area contributed by atoms with Gasteiger partial charge in [-0.2, -0.15) is 0 Å². The lowest BCUT2D eigenvalue weighted by Gasteiger charge is -2.07. The fourth-order valence-corrected chi connectivity index (χ4v) is 1.26. The molecule has 0 saturated carbocycles. The maximum absolute atomic E-state index is 11.5. The maximum Gasteiger partial charge on any atom is 0.338 e. The molecule has 0 bridgehead atoms. The number of hydrogen-bond donors (Lipinski definition) is 3. The third-order valence-corrected chi connectivity index (χ3v) is 1.92. The van der Waals surface area contributed by atoms with Crippen LogP contribution in [0.3, 0.4) is 0 Å². The van der Waals surface area contributed by atoms with Crippen molar-refractivity contribution < 1.29 is 49.9 Å². The number of carbonyl (C=O) groups is 2. The van der Waals surface area contributed by atoms with E-state index in [0.717, 1.165) is 0 Å². The monoisotopic (exact) mass is 411 g/mol. The van der Waals surface area contributed by atoms with Gasteiger partial charge in [-0.3, -0.25) is 0 Å². The van der Waals surface area contributed by atoms with E-state index < -0.39 is 27.2 Å². The van der Waals surface area contributed by atoms with Crippen molar-refractivity contribution in [3.8, 4) is 0 Å². The number of ether oxygens (including phenoxy) is 2. The predicted molar refractivity (Wildman–Crippen MR) is 84.7 cm³/mol. The first-order valence-corrected chi connectivity index (χ1v) is 6.83. The lowest BCUT2D eigenvalue weighted by atomic mass is 10.1. The Hall–Kier alpha value is -4.24. The molecule has 16 heteroatoms. The van der Waals surface area contributed by atoms with Gasteiger partial charge in [-0.05, 0) is 26.0 Å². The highest BCUT2D eigenvalue weighted by atomic mass is 16.9. The largest absolute Gasteiger partial charge is 0.462 e. The fraction of sp³-hybridized carbons (Fsp3) is 0.333. The number of hydrogen-bond acceptors (Lipinski definition) is 10. The van der Waals surface area contributed by atoms with Gasteiger partial charge in [-0.25, -0.2) is 9.59 Å². The molecule has 0 heterocycles. The van der Waals surface area contributed by atoms with E-state index in [-0.39, 0.29) is 24.3 Å². The van der Waals surface area contributed by atoms with Crippen molar-refractivity contribution in [2.45, 2.75) is 13.8 Å². The minimum atomic E-state index is -1.50. The van der Waals surface area contributed by atoms with E-state index in [1.807, 2.05) is 0 Å². The van der Waals surface area contributed by atoms with Crippen LogP contribution in [-0.2, 0) is 9.47 Å². The second-order valence-electron chi connectivity index (χ2n) is 3.70. The highest BCUT2D eigenvalue weighted by molar-refractivity contribution is 6.03. The number of nitrogens with zero attached hydrogens (tertiary/aromatic N) is 3. The first-order valence-electron chi connectivity index (χ1n) is 6.83. The molecule has 0 aromatic heterocycles. The average molecular weight is 411 g/mol. The van der Waals surface area contributed by atoms with Gasteiger partial charge in [0.05, 0.1) is 24.3 Å². The second kappa shape index (κ2) is 17.6. The smallest absolute Gasteiger partial charge is 0.338 e. The third-order valence-electron chi connectivity index (χ3n) is 1.92. The molecule has 0 spiro atoms. The summed E-state index contributed by atoms with van der Waals surface area (Å²) in [4.78, 5) is 48.2. The Morgan fingerprint density at radius 1 is 0.786 bits per heavy atom. The summed E-state index contributed by atoms with van der Waals surface area (Å²) >= 11 is 0. The highest BCUT2D eigenvalue weighted by Gasteiger charge is 2.17. The maximum atomic E-state index is 11.5. The Kier molecular flexibility index (Phi) is 17.9. The third kappa shape index (κ3) is 21.8. The van der Waals surface area contributed by atoms with Gasteiger partial charge in [-0.15, -0.1) is 30.3 Å². The van der Waals surface area contributed by atoms with Gasteiger partial charge >= 0.3 is 11.9 Å². The summed E-state index contributed by atoms with van der Waals surface area (Å²) in [5.74, 6) is -1.02. The Balaban J connectivity index is -0.000000427. The average Bonchev–Trinajstić information content (AvgIpc) is 2.53. The van der Waals surface area contributed by atoms with Crippen molar-refractivity contribution >= 4 is 11.9 Å². The zero-order valence-electron chi connectivity index (χ0n) is 14.5. The fourth-order valence-electron chi connectivity index (χ4n) is 1.26. The van der Waals surface area contributed by atoms with Crippen molar-refractivity contribution in [2.24, 2.45) is 0 Å². The minimum absolute atomic E-state index is 0.239. The number of rotatable bonds is 4. The van der Waals surface area contributed by atoms with Gasteiger partial charge < -0.3 is 25.1 Å². The standard InChI is InChI=1S/C12H14O4.3HNO3/c1-3-15-11(13)9-7-5-6-8-10(9)12(14)16-4-2;3*2-1(3)4/h5-8H,3-4H2,1-2H3;3*(H,2,3,4). The van der Waals surface area contributed by atoms with Gasteiger partial charge in [0, 0.05) is 0 Å². The summed E-state index contributed by atoms with van der Waals surface area (Å²) in [6.07, 6.45) is 0.